The third-order valence-electron chi connectivity index (χ3n) is 7.53. The van der Waals surface area contributed by atoms with Crippen molar-refractivity contribution in [3.8, 4) is 28.7 Å². The van der Waals surface area contributed by atoms with Crippen LogP contribution >= 0.6 is 23.2 Å². The van der Waals surface area contributed by atoms with E-state index in [4.69, 9.17) is 27.6 Å². The molecule has 0 aliphatic heterocycles. The number of hydrogen-bond donors (Lipinski definition) is 1. The molecule has 2 atom stereocenters. The first kappa shape index (κ1) is 31.5. The van der Waals surface area contributed by atoms with E-state index in [-0.39, 0.29) is 35.1 Å². The van der Waals surface area contributed by atoms with Gasteiger partial charge in [-0.2, -0.15) is 0 Å². The molecule has 4 rings (SSSR count). The molecule has 1 amide bonds. The van der Waals surface area contributed by atoms with E-state index >= 15 is 0 Å². The predicted molar refractivity (Wildman–Crippen MR) is 167 cm³/mol. The highest BCUT2D eigenvalue weighted by Crippen LogP contribution is 2.34. The maximum absolute atomic E-state index is 13.8. The van der Waals surface area contributed by atoms with Gasteiger partial charge in [0.15, 0.2) is 0 Å². The fourth-order valence-electron chi connectivity index (χ4n) is 5.10. The smallest absolute Gasteiger partial charge is 0.257 e. The van der Waals surface area contributed by atoms with E-state index in [1.807, 2.05) is 36.9 Å². The third-order valence-corrected chi connectivity index (χ3v) is 8.27. The minimum atomic E-state index is -0.246. The summed E-state index contributed by atoms with van der Waals surface area (Å²) in [5.41, 5.74) is 2.31. The number of rotatable bonds is 12. The number of para-hydroxylation sites is 1. The van der Waals surface area contributed by atoms with Crippen molar-refractivity contribution in [2.24, 2.45) is 11.8 Å². The molecule has 0 fully saturated rings. The normalized spacial score (nSPS) is 13.0. The molecular formula is C32H37Cl2N5O3. The highest BCUT2D eigenvalue weighted by Gasteiger charge is 2.28. The van der Waals surface area contributed by atoms with Crippen molar-refractivity contribution < 1.29 is 14.3 Å². The summed E-state index contributed by atoms with van der Waals surface area (Å²) in [4.78, 5) is 21.9. The zero-order valence-electron chi connectivity index (χ0n) is 24.6. The number of pyridine rings is 1. The first-order valence-electron chi connectivity index (χ1n) is 14.1. The van der Waals surface area contributed by atoms with Crippen LogP contribution in [0.25, 0.3) is 22.9 Å². The van der Waals surface area contributed by atoms with Crippen molar-refractivity contribution >= 4 is 29.1 Å². The number of nitrogens with zero attached hydrogens (tertiary/aromatic N) is 5. The second kappa shape index (κ2) is 14.1. The number of amides is 1. The number of benzene rings is 2. The Labute approximate surface area is 257 Å². The Hall–Kier alpha value is -3.46. The zero-order valence-corrected chi connectivity index (χ0v) is 26.1. The average Bonchev–Trinajstić information content (AvgIpc) is 3.46. The SMILES string of the molecule is CC[C@H](CN(C)Cc1ccc(Cl)c(Cl)c1)[C@@H](C)CN(C(=O)c1cccc(-c2nnc(-c3ccncc3)o2)c1O)C(C)C. The van der Waals surface area contributed by atoms with Gasteiger partial charge in [-0.3, -0.25) is 9.78 Å². The Morgan fingerprint density at radius 1 is 0.976 bits per heavy atom. The molecule has 0 spiro atoms. The Bertz CT molecular complexity index is 1490. The summed E-state index contributed by atoms with van der Waals surface area (Å²) in [6.07, 6.45) is 4.23. The lowest BCUT2D eigenvalue weighted by Crippen LogP contribution is -2.42. The summed E-state index contributed by atoms with van der Waals surface area (Å²) in [5.74, 6) is 0.562. The van der Waals surface area contributed by atoms with Crippen LogP contribution in [0.1, 0.15) is 50.0 Å². The quantitative estimate of drug-likeness (QED) is 0.178. The van der Waals surface area contributed by atoms with E-state index < -0.39 is 0 Å². The molecule has 2 aromatic carbocycles. The minimum Gasteiger partial charge on any atom is -0.506 e. The lowest BCUT2D eigenvalue weighted by atomic mass is 9.90. The zero-order chi connectivity index (χ0) is 30.4. The van der Waals surface area contributed by atoms with Crippen LogP contribution in [-0.2, 0) is 6.54 Å². The standard InChI is InChI=1S/C32H37Cl2N5O3/c1-6-23(19-38(5)18-22-10-11-27(33)28(34)16-22)21(4)17-39(20(2)3)32(41)26-9-7-8-25(29(26)40)31-37-36-30(42-31)24-12-14-35-15-13-24/h7-16,20-21,23,40H,6,17-19H2,1-5H3/t21-,23+/m0/s1. The molecular weight excluding hydrogens is 573 g/mol. The van der Waals surface area contributed by atoms with Crippen molar-refractivity contribution in [2.75, 3.05) is 20.1 Å². The molecule has 10 heteroatoms. The van der Waals surface area contributed by atoms with Crippen molar-refractivity contribution in [3.05, 3.63) is 82.1 Å². The molecule has 0 saturated carbocycles. The molecule has 2 aromatic heterocycles. The van der Waals surface area contributed by atoms with Gasteiger partial charge in [0.1, 0.15) is 5.75 Å². The first-order chi connectivity index (χ1) is 20.1. The summed E-state index contributed by atoms with van der Waals surface area (Å²) in [6, 6.07) is 14.2. The van der Waals surface area contributed by atoms with Crippen LogP contribution in [0.4, 0.5) is 0 Å². The van der Waals surface area contributed by atoms with Crippen LogP contribution in [0.5, 0.6) is 5.75 Å². The molecule has 4 aromatic rings. The van der Waals surface area contributed by atoms with Gasteiger partial charge in [0.05, 0.1) is 21.2 Å². The van der Waals surface area contributed by atoms with Crippen molar-refractivity contribution in [1.82, 2.24) is 25.0 Å². The van der Waals surface area contributed by atoms with E-state index in [1.165, 1.54) is 0 Å². The molecule has 0 unspecified atom stereocenters. The molecule has 2 heterocycles. The lowest BCUT2D eigenvalue weighted by molar-refractivity contribution is 0.0635. The second-order valence-electron chi connectivity index (χ2n) is 11.0. The topological polar surface area (TPSA) is 95.6 Å². The van der Waals surface area contributed by atoms with E-state index in [1.54, 1.807) is 42.7 Å². The van der Waals surface area contributed by atoms with Crippen LogP contribution in [-0.4, -0.2) is 62.2 Å². The monoisotopic (exact) mass is 609 g/mol. The molecule has 8 nitrogen and oxygen atoms in total. The van der Waals surface area contributed by atoms with Crippen LogP contribution in [0.15, 0.2) is 65.3 Å². The number of halogens is 2. The van der Waals surface area contributed by atoms with Gasteiger partial charge in [-0.1, -0.05) is 55.6 Å². The minimum absolute atomic E-state index is 0.0730. The maximum atomic E-state index is 13.8. The second-order valence-corrected chi connectivity index (χ2v) is 11.8. The number of hydrogen-bond acceptors (Lipinski definition) is 7. The average molecular weight is 611 g/mol. The van der Waals surface area contributed by atoms with E-state index in [2.05, 4.69) is 41.0 Å². The maximum Gasteiger partial charge on any atom is 0.257 e. The fourth-order valence-corrected chi connectivity index (χ4v) is 5.42. The van der Waals surface area contributed by atoms with Crippen molar-refractivity contribution in [3.63, 3.8) is 0 Å². The molecule has 0 radical (unpaired) electrons. The van der Waals surface area contributed by atoms with Crippen LogP contribution < -0.4 is 0 Å². The lowest BCUT2D eigenvalue weighted by Gasteiger charge is -2.34. The summed E-state index contributed by atoms with van der Waals surface area (Å²) >= 11 is 12.3. The van der Waals surface area contributed by atoms with Gasteiger partial charge in [0.2, 0.25) is 5.89 Å². The number of carbonyl (C=O) groups excluding carboxylic acids is 1. The molecule has 1 N–H and O–H groups in total. The van der Waals surface area contributed by atoms with Crippen LogP contribution in [0, 0.1) is 11.8 Å². The van der Waals surface area contributed by atoms with Crippen molar-refractivity contribution in [2.45, 2.75) is 46.7 Å². The van der Waals surface area contributed by atoms with Gasteiger partial charge in [0, 0.05) is 43.6 Å². The highest BCUT2D eigenvalue weighted by atomic mass is 35.5. The number of carbonyl (C=O) groups is 1. The van der Waals surface area contributed by atoms with Gasteiger partial charge in [-0.25, -0.2) is 0 Å². The number of phenols is 1. The van der Waals surface area contributed by atoms with Gasteiger partial charge in [0.25, 0.3) is 11.8 Å². The Morgan fingerprint density at radius 2 is 1.69 bits per heavy atom. The molecule has 0 bridgehead atoms. The summed E-state index contributed by atoms with van der Waals surface area (Å²) in [5, 5.41) is 20.5. The molecule has 0 aliphatic rings. The van der Waals surface area contributed by atoms with Gasteiger partial charge < -0.3 is 19.3 Å². The third kappa shape index (κ3) is 7.48. The molecule has 0 aliphatic carbocycles. The summed E-state index contributed by atoms with van der Waals surface area (Å²) in [7, 11) is 2.09. The first-order valence-corrected chi connectivity index (χ1v) is 14.8. The molecule has 222 valence electrons. The van der Waals surface area contributed by atoms with Gasteiger partial charge in [-0.05, 0) is 74.7 Å². The summed E-state index contributed by atoms with van der Waals surface area (Å²) in [6.45, 7) is 10.5. The van der Waals surface area contributed by atoms with Gasteiger partial charge in [-0.15, -0.1) is 10.2 Å². The van der Waals surface area contributed by atoms with E-state index in [0.29, 0.717) is 39.5 Å². The molecule has 42 heavy (non-hydrogen) atoms. The van der Waals surface area contributed by atoms with Crippen molar-refractivity contribution in [1.29, 1.82) is 0 Å². The largest absolute Gasteiger partial charge is 0.506 e. The van der Waals surface area contributed by atoms with E-state index in [9.17, 15) is 9.90 Å². The predicted octanol–water partition coefficient (Wildman–Crippen LogP) is 7.46. The van der Waals surface area contributed by atoms with Crippen LogP contribution in [0.2, 0.25) is 10.0 Å². The Balaban J connectivity index is 1.48. The number of phenolic OH excluding ortho intramolecular Hbond substituents is 1. The molecule has 0 saturated heterocycles. The number of aromatic nitrogens is 3. The Kier molecular flexibility index (Phi) is 10.6. The Morgan fingerprint density at radius 3 is 2.36 bits per heavy atom. The highest BCUT2D eigenvalue weighted by molar-refractivity contribution is 6.42. The summed E-state index contributed by atoms with van der Waals surface area (Å²) < 4.78 is 5.83. The van der Waals surface area contributed by atoms with Crippen LogP contribution in [0.3, 0.4) is 0 Å². The van der Waals surface area contributed by atoms with E-state index in [0.717, 1.165) is 25.1 Å². The fraction of sp³-hybridized carbons (Fsp3) is 0.375. The number of aromatic hydroxyl groups is 1. The van der Waals surface area contributed by atoms with Gasteiger partial charge >= 0.3 is 0 Å².